The zero-order valence-electron chi connectivity index (χ0n) is 21.6. The maximum atomic E-state index is 12.5. The van der Waals surface area contributed by atoms with Gasteiger partial charge in [0.25, 0.3) is 5.56 Å². The summed E-state index contributed by atoms with van der Waals surface area (Å²) < 4.78 is 19.7. The first kappa shape index (κ1) is 26.1. The number of hydrogen-bond acceptors (Lipinski definition) is 7. The summed E-state index contributed by atoms with van der Waals surface area (Å²) in [4.78, 5) is 26.6. The van der Waals surface area contributed by atoms with Crippen LogP contribution in [0.15, 0.2) is 106 Å². The standard InChI is InChI=1S/C30H29N3O6/c1-20-18-33(29(35)31-28(20)34)27-17-25(32-36)26(39-27)19-38-30(21-9-5-3-6-10-21,22-11-7-4-8-12-22)23-13-15-24(37-2)16-14-23/h3-16,18,26-27,36H,17,19H2,1-2H3,(H,31,34,35)/b32-25-/t26-,27-/m1/s1. The molecule has 1 aromatic heterocycles. The molecule has 0 amide bonds. The van der Waals surface area contributed by atoms with Gasteiger partial charge in [-0.3, -0.25) is 14.3 Å². The molecule has 4 aromatic rings. The molecule has 0 radical (unpaired) electrons. The van der Waals surface area contributed by atoms with Crippen molar-refractivity contribution in [3.8, 4) is 5.75 Å². The zero-order valence-corrected chi connectivity index (χ0v) is 21.6. The average molecular weight is 528 g/mol. The molecule has 5 rings (SSSR count). The molecule has 1 saturated heterocycles. The molecule has 0 saturated carbocycles. The number of methoxy groups -OCH3 is 1. The van der Waals surface area contributed by atoms with Crippen LogP contribution >= 0.6 is 0 Å². The molecule has 0 spiro atoms. The summed E-state index contributed by atoms with van der Waals surface area (Å²) in [5.41, 5.74) is 1.26. The second-order valence-corrected chi connectivity index (χ2v) is 9.31. The van der Waals surface area contributed by atoms with Gasteiger partial charge in [0.15, 0.2) is 0 Å². The number of oxime groups is 1. The van der Waals surface area contributed by atoms with Gasteiger partial charge in [0, 0.05) is 18.2 Å². The highest BCUT2D eigenvalue weighted by Crippen LogP contribution is 2.42. The van der Waals surface area contributed by atoms with Crippen LogP contribution in [-0.4, -0.2) is 40.3 Å². The molecular weight excluding hydrogens is 498 g/mol. The SMILES string of the molecule is COc1ccc(C(OC[C@H]2O[C@@H](n3cc(C)c(=O)[nH]c3=O)C/C2=N/O)(c2ccccc2)c2ccccc2)cc1. The molecule has 1 aliphatic rings. The molecule has 9 heteroatoms. The Morgan fingerprint density at radius 2 is 1.56 bits per heavy atom. The molecule has 0 bridgehead atoms. The van der Waals surface area contributed by atoms with Crippen molar-refractivity contribution in [3.05, 3.63) is 134 Å². The summed E-state index contributed by atoms with van der Waals surface area (Å²) in [6, 6.07) is 27.4. The fraction of sp³-hybridized carbons (Fsp3) is 0.233. The molecule has 2 heterocycles. The number of aromatic nitrogens is 2. The highest BCUT2D eigenvalue weighted by atomic mass is 16.6. The van der Waals surface area contributed by atoms with Crippen LogP contribution in [0.5, 0.6) is 5.75 Å². The first-order valence-corrected chi connectivity index (χ1v) is 12.5. The van der Waals surface area contributed by atoms with Gasteiger partial charge < -0.3 is 19.4 Å². The van der Waals surface area contributed by atoms with Crippen LogP contribution in [-0.2, 0) is 15.1 Å². The summed E-state index contributed by atoms with van der Waals surface area (Å²) in [7, 11) is 1.62. The maximum Gasteiger partial charge on any atom is 0.330 e. The number of rotatable bonds is 8. The summed E-state index contributed by atoms with van der Waals surface area (Å²) in [5.74, 6) is 0.715. The van der Waals surface area contributed by atoms with E-state index in [2.05, 4.69) is 10.1 Å². The summed E-state index contributed by atoms with van der Waals surface area (Å²) in [6.07, 6.45) is 0.0856. The van der Waals surface area contributed by atoms with E-state index >= 15 is 0 Å². The topological polar surface area (TPSA) is 115 Å². The Bertz CT molecular complexity index is 1520. The van der Waals surface area contributed by atoms with E-state index < -0.39 is 29.2 Å². The highest BCUT2D eigenvalue weighted by molar-refractivity contribution is 5.90. The summed E-state index contributed by atoms with van der Waals surface area (Å²) >= 11 is 0. The van der Waals surface area contributed by atoms with Gasteiger partial charge >= 0.3 is 5.69 Å². The van der Waals surface area contributed by atoms with Crippen LogP contribution < -0.4 is 16.0 Å². The molecule has 0 unspecified atom stereocenters. The Kier molecular flexibility index (Phi) is 7.44. The van der Waals surface area contributed by atoms with Gasteiger partial charge in [-0.05, 0) is 35.7 Å². The lowest BCUT2D eigenvalue weighted by Gasteiger charge is -2.36. The second kappa shape index (κ2) is 11.1. The number of benzene rings is 3. The van der Waals surface area contributed by atoms with Crippen molar-refractivity contribution >= 4 is 5.71 Å². The summed E-state index contributed by atoms with van der Waals surface area (Å²) in [5, 5.41) is 13.3. The molecule has 2 atom stereocenters. The van der Waals surface area contributed by atoms with Crippen LogP contribution in [0.4, 0.5) is 0 Å². The molecule has 1 fully saturated rings. The van der Waals surface area contributed by atoms with Gasteiger partial charge in [-0.1, -0.05) is 78.0 Å². The lowest BCUT2D eigenvalue weighted by atomic mass is 9.80. The van der Waals surface area contributed by atoms with E-state index in [1.165, 1.54) is 10.8 Å². The lowest BCUT2D eigenvalue weighted by Crippen LogP contribution is -2.37. The molecule has 2 N–H and O–H groups in total. The minimum Gasteiger partial charge on any atom is -0.497 e. The maximum absolute atomic E-state index is 12.5. The minimum absolute atomic E-state index is 0.0167. The Morgan fingerprint density at radius 3 is 2.13 bits per heavy atom. The third kappa shape index (κ3) is 5.01. The smallest absolute Gasteiger partial charge is 0.330 e. The van der Waals surface area contributed by atoms with E-state index in [-0.39, 0.29) is 13.0 Å². The first-order valence-electron chi connectivity index (χ1n) is 12.5. The van der Waals surface area contributed by atoms with Crippen molar-refractivity contribution in [1.82, 2.24) is 9.55 Å². The molecule has 0 aliphatic carbocycles. The average Bonchev–Trinajstić information content (AvgIpc) is 3.40. The molecule has 200 valence electrons. The molecule has 1 aliphatic heterocycles. The van der Waals surface area contributed by atoms with Gasteiger partial charge in [0.1, 0.15) is 23.7 Å². The van der Waals surface area contributed by atoms with Crippen molar-refractivity contribution in [3.63, 3.8) is 0 Å². The molecular formula is C30H29N3O6. The van der Waals surface area contributed by atoms with Crippen molar-refractivity contribution in [1.29, 1.82) is 0 Å². The summed E-state index contributed by atoms with van der Waals surface area (Å²) in [6.45, 7) is 1.62. The van der Waals surface area contributed by atoms with Gasteiger partial charge in [0.2, 0.25) is 0 Å². The third-order valence-electron chi connectivity index (χ3n) is 6.97. The number of aromatic amines is 1. The van der Waals surface area contributed by atoms with Crippen LogP contribution in [0.25, 0.3) is 0 Å². The number of nitrogens with one attached hydrogen (secondary N) is 1. The van der Waals surface area contributed by atoms with Crippen LogP contribution in [0, 0.1) is 6.92 Å². The quantitative estimate of drug-likeness (QED) is 0.204. The molecule has 39 heavy (non-hydrogen) atoms. The van der Waals surface area contributed by atoms with Gasteiger partial charge in [-0.15, -0.1) is 0 Å². The monoisotopic (exact) mass is 527 g/mol. The fourth-order valence-corrected chi connectivity index (χ4v) is 4.95. The zero-order chi connectivity index (χ0) is 27.4. The largest absolute Gasteiger partial charge is 0.497 e. The number of hydrogen-bond donors (Lipinski definition) is 2. The number of ether oxygens (including phenoxy) is 3. The van der Waals surface area contributed by atoms with E-state index in [0.29, 0.717) is 17.0 Å². The predicted octanol–water partition coefficient (Wildman–Crippen LogP) is 3.98. The van der Waals surface area contributed by atoms with Gasteiger partial charge in [-0.2, -0.15) is 0 Å². The Labute approximate surface area is 224 Å². The van der Waals surface area contributed by atoms with Crippen LogP contribution in [0.1, 0.15) is 34.9 Å². The molecule has 3 aromatic carbocycles. The second-order valence-electron chi connectivity index (χ2n) is 9.31. The minimum atomic E-state index is -1.04. The van der Waals surface area contributed by atoms with E-state index in [1.807, 2.05) is 84.9 Å². The number of nitrogens with zero attached hydrogens (tertiary/aromatic N) is 2. The third-order valence-corrected chi connectivity index (χ3v) is 6.97. The Hall–Kier alpha value is -4.47. The van der Waals surface area contributed by atoms with E-state index in [0.717, 1.165) is 16.7 Å². The Morgan fingerprint density at radius 1 is 0.974 bits per heavy atom. The van der Waals surface area contributed by atoms with E-state index in [1.54, 1.807) is 14.0 Å². The first-order chi connectivity index (χ1) is 19.0. The van der Waals surface area contributed by atoms with Crippen LogP contribution in [0.2, 0.25) is 0 Å². The van der Waals surface area contributed by atoms with Crippen molar-refractivity contribution in [2.45, 2.75) is 31.3 Å². The Balaban J connectivity index is 1.55. The number of aryl methyl sites for hydroxylation is 1. The van der Waals surface area contributed by atoms with E-state index in [4.69, 9.17) is 14.2 Å². The van der Waals surface area contributed by atoms with Gasteiger partial charge in [0.05, 0.1) is 19.4 Å². The van der Waals surface area contributed by atoms with Crippen LogP contribution in [0.3, 0.4) is 0 Å². The van der Waals surface area contributed by atoms with Crippen molar-refractivity contribution in [2.24, 2.45) is 5.16 Å². The number of H-pyrrole nitrogens is 1. The van der Waals surface area contributed by atoms with Gasteiger partial charge in [-0.25, -0.2) is 4.79 Å². The predicted molar refractivity (Wildman–Crippen MR) is 146 cm³/mol. The van der Waals surface area contributed by atoms with E-state index in [9.17, 15) is 14.8 Å². The fourth-order valence-electron chi connectivity index (χ4n) is 4.95. The lowest BCUT2D eigenvalue weighted by molar-refractivity contribution is -0.0677. The van der Waals surface area contributed by atoms with Crippen molar-refractivity contribution < 1.29 is 19.4 Å². The normalized spacial score (nSPS) is 18.4. The highest BCUT2D eigenvalue weighted by Gasteiger charge is 2.41. The van der Waals surface area contributed by atoms with Crippen molar-refractivity contribution in [2.75, 3.05) is 13.7 Å². The molecule has 9 nitrogen and oxygen atoms in total.